The van der Waals surface area contributed by atoms with Gasteiger partial charge in [0.05, 0.1) is 23.1 Å². The standard InChI is InChI=1S/C22H29FN4O3/c1-15-19(14-25-27(15)18-7-5-17(23)6-8-18)20(28)26-11-9-16(10-12-26)13-24-21(29)30-22(2,3)4/h5-8,14,16H,9-13H2,1-4H3,(H,24,29). The van der Waals surface area contributed by atoms with Gasteiger partial charge in [0.25, 0.3) is 5.91 Å². The second-order valence-electron chi connectivity index (χ2n) is 8.65. The summed E-state index contributed by atoms with van der Waals surface area (Å²) in [4.78, 5) is 26.6. The number of carbonyl (C=O) groups is 2. The molecule has 0 unspecified atom stereocenters. The molecule has 1 saturated heterocycles. The van der Waals surface area contributed by atoms with E-state index < -0.39 is 11.7 Å². The second kappa shape index (κ2) is 8.85. The minimum absolute atomic E-state index is 0.0561. The minimum Gasteiger partial charge on any atom is -0.444 e. The van der Waals surface area contributed by atoms with E-state index in [0.717, 1.165) is 18.5 Å². The van der Waals surface area contributed by atoms with Crippen LogP contribution in [0.5, 0.6) is 0 Å². The second-order valence-corrected chi connectivity index (χ2v) is 8.65. The van der Waals surface area contributed by atoms with Crippen molar-refractivity contribution in [1.82, 2.24) is 20.0 Å². The Morgan fingerprint density at radius 1 is 1.20 bits per heavy atom. The molecule has 30 heavy (non-hydrogen) atoms. The number of nitrogens with one attached hydrogen (secondary N) is 1. The number of hydrogen-bond donors (Lipinski definition) is 1. The third-order valence-electron chi connectivity index (χ3n) is 5.15. The van der Waals surface area contributed by atoms with Crippen LogP contribution in [0.3, 0.4) is 0 Å². The van der Waals surface area contributed by atoms with Crippen molar-refractivity contribution in [2.24, 2.45) is 5.92 Å². The Balaban J connectivity index is 1.54. The van der Waals surface area contributed by atoms with E-state index in [4.69, 9.17) is 4.74 Å². The van der Waals surface area contributed by atoms with E-state index in [-0.39, 0.29) is 11.7 Å². The number of hydrogen-bond acceptors (Lipinski definition) is 4. The van der Waals surface area contributed by atoms with Crippen LogP contribution in [0.2, 0.25) is 0 Å². The third-order valence-corrected chi connectivity index (χ3v) is 5.15. The lowest BCUT2D eigenvalue weighted by molar-refractivity contribution is 0.0500. The number of carbonyl (C=O) groups excluding carboxylic acids is 2. The van der Waals surface area contributed by atoms with Gasteiger partial charge in [0, 0.05) is 19.6 Å². The molecule has 1 fully saturated rings. The number of aromatic nitrogens is 2. The summed E-state index contributed by atoms with van der Waals surface area (Å²) >= 11 is 0. The molecular formula is C22H29FN4O3. The molecule has 0 bridgehead atoms. The Morgan fingerprint density at radius 3 is 2.43 bits per heavy atom. The first-order valence-electron chi connectivity index (χ1n) is 10.2. The lowest BCUT2D eigenvalue weighted by atomic mass is 9.96. The number of halogens is 1. The average molecular weight is 416 g/mol. The Hall–Kier alpha value is -2.90. The Morgan fingerprint density at radius 2 is 1.83 bits per heavy atom. The van der Waals surface area contributed by atoms with Crippen LogP contribution in [-0.2, 0) is 4.74 Å². The lowest BCUT2D eigenvalue weighted by Crippen LogP contribution is -2.42. The summed E-state index contributed by atoms with van der Waals surface area (Å²) in [6, 6.07) is 6.00. The first-order chi connectivity index (χ1) is 14.1. The van der Waals surface area contributed by atoms with Crippen LogP contribution in [0.15, 0.2) is 30.5 Å². The molecule has 0 atom stereocenters. The van der Waals surface area contributed by atoms with Gasteiger partial charge in [-0.1, -0.05) is 0 Å². The maximum atomic E-state index is 13.2. The fourth-order valence-electron chi connectivity index (χ4n) is 3.51. The van der Waals surface area contributed by atoms with Gasteiger partial charge in [0.1, 0.15) is 11.4 Å². The summed E-state index contributed by atoms with van der Waals surface area (Å²) < 4.78 is 20.1. The molecule has 3 rings (SSSR count). The monoisotopic (exact) mass is 416 g/mol. The zero-order valence-electron chi connectivity index (χ0n) is 17.9. The van der Waals surface area contributed by atoms with Gasteiger partial charge in [-0.2, -0.15) is 5.10 Å². The lowest BCUT2D eigenvalue weighted by Gasteiger charge is -2.32. The normalized spacial score (nSPS) is 15.2. The highest BCUT2D eigenvalue weighted by Crippen LogP contribution is 2.21. The molecule has 0 radical (unpaired) electrons. The van der Waals surface area contributed by atoms with E-state index >= 15 is 0 Å². The van der Waals surface area contributed by atoms with Gasteiger partial charge in [0.15, 0.2) is 0 Å². The van der Waals surface area contributed by atoms with Gasteiger partial charge < -0.3 is 15.0 Å². The van der Waals surface area contributed by atoms with Crippen LogP contribution >= 0.6 is 0 Å². The van der Waals surface area contributed by atoms with E-state index in [2.05, 4.69) is 10.4 Å². The van der Waals surface area contributed by atoms with Crippen LogP contribution in [-0.4, -0.2) is 51.9 Å². The SMILES string of the molecule is Cc1c(C(=O)N2CCC(CNC(=O)OC(C)(C)C)CC2)cnn1-c1ccc(F)cc1. The molecular weight excluding hydrogens is 387 g/mol. The molecule has 1 aromatic carbocycles. The van der Waals surface area contributed by atoms with E-state index in [1.54, 1.807) is 23.0 Å². The molecule has 0 aliphatic carbocycles. The van der Waals surface area contributed by atoms with Gasteiger partial charge in [0.2, 0.25) is 0 Å². The molecule has 1 aliphatic rings. The summed E-state index contributed by atoms with van der Waals surface area (Å²) in [5.74, 6) is -0.0621. The summed E-state index contributed by atoms with van der Waals surface area (Å²) in [6.45, 7) is 9.12. The van der Waals surface area contributed by atoms with Gasteiger partial charge in [-0.25, -0.2) is 13.9 Å². The number of piperidine rings is 1. The van der Waals surface area contributed by atoms with Crippen molar-refractivity contribution in [2.75, 3.05) is 19.6 Å². The van der Waals surface area contributed by atoms with E-state index in [9.17, 15) is 14.0 Å². The predicted molar refractivity (Wildman–Crippen MR) is 111 cm³/mol. The maximum Gasteiger partial charge on any atom is 0.407 e. The first kappa shape index (κ1) is 21.8. The number of amides is 2. The summed E-state index contributed by atoms with van der Waals surface area (Å²) in [7, 11) is 0. The average Bonchev–Trinajstić information content (AvgIpc) is 3.07. The number of ether oxygens (including phenoxy) is 1. The fourth-order valence-corrected chi connectivity index (χ4v) is 3.51. The van der Waals surface area contributed by atoms with Crippen molar-refractivity contribution in [2.45, 2.75) is 46.1 Å². The van der Waals surface area contributed by atoms with Gasteiger partial charge in [-0.3, -0.25) is 4.79 Å². The van der Waals surface area contributed by atoms with Crippen LogP contribution < -0.4 is 5.32 Å². The van der Waals surface area contributed by atoms with Crippen molar-refractivity contribution >= 4 is 12.0 Å². The number of likely N-dealkylation sites (tertiary alicyclic amines) is 1. The zero-order valence-corrected chi connectivity index (χ0v) is 17.9. The van der Waals surface area contributed by atoms with Crippen molar-refractivity contribution in [3.8, 4) is 5.69 Å². The smallest absolute Gasteiger partial charge is 0.407 e. The highest BCUT2D eigenvalue weighted by Gasteiger charge is 2.27. The Kier molecular flexibility index (Phi) is 6.43. The number of alkyl carbamates (subject to hydrolysis) is 1. The molecule has 2 heterocycles. The van der Waals surface area contributed by atoms with Crippen LogP contribution in [0.25, 0.3) is 5.69 Å². The van der Waals surface area contributed by atoms with Gasteiger partial charge in [-0.15, -0.1) is 0 Å². The molecule has 1 N–H and O–H groups in total. The summed E-state index contributed by atoms with van der Waals surface area (Å²) in [5, 5.41) is 7.12. The quantitative estimate of drug-likeness (QED) is 0.825. The van der Waals surface area contributed by atoms with Crippen LogP contribution in [0, 0.1) is 18.7 Å². The van der Waals surface area contributed by atoms with Crippen molar-refractivity contribution in [3.63, 3.8) is 0 Å². The first-order valence-corrected chi connectivity index (χ1v) is 10.2. The Bertz CT molecular complexity index is 894. The number of benzene rings is 1. The number of nitrogens with zero attached hydrogens (tertiary/aromatic N) is 3. The molecule has 2 amide bonds. The van der Waals surface area contributed by atoms with Gasteiger partial charge >= 0.3 is 6.09 Å². The number of rotatable bonds is 4. The summed E-state index contributed by atoms with van der Waals surface area (Å²) in [6.07, 6.45) is 2.78. The highest BCUT2D eigenvalue weighted by atomic mass is 19.1. The van der Waals surface area contributed by atoms with E-state index in [1.165, 1.54) is 12.1 Å². The topological polar surface area (TPSA) is 76.5 Å². The molecule has 8 heteroatoms. The van der Waals surface area contributed by atoms with E-state index in [1.807, 2.05) is 32.6 Å². The van der Waals surface area contributed by atoms with Gasteiger partial charge in [-0.05, 0) is 70.7 Å². The largest absolute Gasteiger partial charge is 0.444 e. The molecule has 7 nitrogen and oxygen atoms in total. The van der Waals surface area contributed by atoms with Crippen molar-refractivity contribution in [1.29, 1.82) is 0 Å². The van der Waals surface area contributed by atoms with Crippen LogP contribution in [0.4, 0.5) is 9.18 Å². The molecule has 1 aromatic heterocycles. The maximum absolute atomic E-state index is 13.2. The predicted octanol–water partition coefficient (Wildman–Crippen LogP) is 3.70. The van der Waals surface area contributed by atoms with Crippen molar-refractivity contribution < 1.29 is 18.7 Å². The molecule has 0 spiro atoms. The van der Waals surface area contributed by atoms with Crippen molar-refractivity contribution in [3.05, 3.63) is 47.5 Å². The zero-order chi connectivity index (χ0) is 21.9. The molecule has 0 saturated carbocycles. The Labute approximate surface area is 176 Å². The molecule has 1 aliphatic heterocycles. The molecule has 2 aromatic rings. The minimum atomic E-state index is -0.518. The van der Waals surface area contributed by atoms with E-state index in [0.29, 0.717) is 36.8 Å². The summed E-state index contributed by atoms with van der Waals surface area (Å²) in [5.41, 5.74) is 1.46. The van der Waals surface area contributed by atoms with Crippen LogP contribution in [0.1, 0.15) is 49.7 Å². The fraction of sp³-hybridized carbons (Fsp3) is 0.500. The highest BCUT2D eigenvalue weighted by molar-refractivity contribution is 5.95. The molecule has 162 valence electrons. The third kappa shape index (κ3) is 5.37.